The second kappa shape index (κ2) is 5.13. The lowest BCUT2D eigenvalue weighted by atomic mass is 10.1. The van der Waals surface area contributed by atoms with Gasteiger partial charge in [-0.2, -0.15) is 0 Å². The van der Waals surface area contributed by atoms with E-state index in [-0.39, 0.29) is 5.56 Å². The van der Waals surface area contributed by atoms with Gasteiger partial charge in [0.25, 0.3) is 5.56 Å². The molecule has 0 atom stereocenters. The monoisotopic (exact) mass is 388 g/mol. The molecule has 0 amide bonds. The van der Waals surface area contributed by atoms with Crippen molar-refractivity contribution in [1.29, 1.82) is 0 Å². The van der Waals surface area contributed by atoms with E-state index in [2.05, 4.69) is 4.98 Å². The van der Waals surface area contributed by atoms with Gasteiger partial charge < -0.3 is 4.74 Å². The first-order valence-electron chi connectivity index (χ1n) is 5.79. The normalized spacial score (nSPS) is 13.2. The van der Waals surface area contributed by atoms with E-state index in [1.54, 1.807) is 10.8 Å². The first-order valence-corrected chi connectivity index (χ1v) is 7.25. The molecule has 6 heteroatoms. The van der Waals surface area contributed by atoms with Gasteiger partial charge in [-0.3, -0.25) is 9.36 Å². The minimum Gasteiger partial charge on any atom is -0.493 e. The highest BCUT2D eigenvalue weighted by Gasteiger charge is 2.18. The Kier molecular flexibility index (Phi) is 3.49. The average molecular weight is 389 g/mol. The van der Waals surface area contributed by atoms with E-state index in [0.29, 0.717) is 21.7 Å². The van der Waals surface area contributed by atoms with Crippen LogP contribution in [-0.4, -0.2) is 16.2 Å². The molecule has 1 aliphatic heterocycles. The van der Waals surface area contributed by atoms with Crippen molar-refractivity contribution in [3.63, 3.8) is 0 Å². The summed E-state index contributed by atoms with van der Waals surface area (Å²) in [5, 5.41) is 0.672. The van der Waals surface area contributed by atoms with Crippen molar-refractivity contribution in [1.82, 2.24) is 9.55 Å². The molecule has 0 saturated carbocycles. The fourth-order valence-electron chi connectivity index (χ4n) is 2.18. The van der Waals surface area contributed by atoms with E-state index in [9.17, 15) is 4.79 Å². The van der Waals surface area contributed by atoms with Gasteiger partial charge in [-0.15, -0.1) is 0 Å². The number of halogens is 2. The first kappa shape index (κ1) is 12.9. The molecule has 3 rings (SSSR count). The van der Waals surface area contributed by atoms with Crippen molar-refractivity contribution in [3.8, 4) is 5.75 Å². The van der Waals surface area contributed by atoms with Crippen LogP contribution < -0.4 is 10.3 Å². The molecule has 0 spiro atoms. The Bertz CT molecular complexity index is 700. The summed E-state index contributed by atoms with van der Waals surface area (Å²) in [5.74, 6) is 0.857. The molecule has 19 heavy (non-hydrogen) atoms. The van der Waals surface area contributed by atoms with E-state index >= 15 is 0 Å². The highest BCUT2D eigenvalue weighted by Crippen LogP contribution is 2.33. The first-order chi connectivity index (χ1) is 9.15. The van der Waals surface area contributed by atoms with E-state index in [1.165, 1.54) is 6.33 Å². The second-order valence-electron chi connectivity index (χ2n) is 4.33. The third-order valence-electron chi connectivity index (χ3n) is 3.03. The van der Waals surface area contributed by atoms with Crippen LogP contribution in [0.5, 0.6) is 5.75 Å². The molecule has 0 aliphatic carbocycles. The molecule has 0 radical (unpaired) electrons. The predicted molar refractivity (Wildman–Crippen MR) is 81.0 cm³/mol. The van der Waals surface area contributed by atoms with Gasteiger partial charge in [-0.1, -0.05) is 11.6 Å². The van der Waals surface area contributed by atoms with E-state index in [0.717, 1.165) is 23.3 Å². The number of hydrogen-bond donors (Lipinski definition) is 0. The molecule has 2 aromatic rings. The van der Waals surface area contributed by atoms with Crippen LogP contribution in [0.4, 0.5) is 0 Å². The van der Waals surface area contributed by atoms with Crippen LogP contribution in [0.1, 0.15) is 11.1 Å². The Labute approximate surface area is 128 Å². The van der Waals surface area contributed by atoms with Crippen LogP contribution in [0.25, 0.3) is 0 Å². The molecule has 0 saturated heterocycles. The van der Waals surface area contributed by atoms with Crippen LogP contribution in [0.2, 0.25) is 5.02 Å². The van der Waals surface area contributed by atoms with Gasteiger partial charge in [0.05, 0.1) is 23.0 Å². The zero-order valence-corrected chi connectivity index (χ0v) is 12.8. The Balaban J connectivity index is 2.05. The number of ether oxygens (including phenoxy) is 1. The summed E-state index contributed by atoms with van der Waals surface area (Å²) >= 11 is 8.09. The molecule has 0 bridgehead atoms. The maximum Gasteiger partial charge on any atom is 0.267 e. The smallest absolute Gasteiger partial charge is 0.267 e. The van der Waals surface area contributed by atoms with E-state index < -0.39 is 0 Å². The molecule has 2 heterocycles. The maximum atomic E-state index is 12.0. The molecule has 0 fully saturated rings. The molecular formula is C13H10ClIN2O2. The molecule has 1 aromatic carbocycles. The second-order valence-corrected chi connectivity index (χ2v) is 5.92. The van der Waals surface area contributed by atoms with Gasteiger partial charge in [0.2, 0.25) is 0 Å². The van der Waals surface area contributed by atoms with Gasteiger partial charge >= 0.3 is 0 Å². The van der Waals surface area contributed by atoms with Crippen molar-refractivity contribution in [2.45, 2.75) is 13.0 Å². The SMILES string of the molecule is O=c1c(I)cncn1Cc1cc(Cl)cc2c1OCC2. The Morgan fingerprint density at radius 1 is 1.47 bits per heavy atom. The predicted octanol–water partition coefficient (Wildman–Crippen LogP) is 2.48. The van der Waals surface area contributed by atoms with Crippen molar-refractivity contribution in [2.75, 3.05) is 6.61 Å². The summed E-state index contributed by atoms with van der Waals surface area (Å²) in [6.07, 6.45) is 3.95. The van der Waals surface area contributed by atoms with Crippen molar-refractivity contribution in [3.05, 3.63) is 54.7 Å². The zero-order valence-electron chi connectivity index (χ0n) is 9.90. The summed E-state index contributed by atoms with van der Waals surface area (Å²) < 4.78 is 7.79. The number of rotatable bonds is 2. The fourth-order valence-corrected chi connectivity index (χ4v) is 2.92. The highest BCUT2D eigenvalue weighted by molar-refractivity contribution is 14.1. The zero-order chi connectivity index (χ0) is 13.4. The average Bonchev–Trinajstić information content (AvgIpc) is 2.83. The standard InChI is InChI=1S/C13H10ClIN2O2/c14-10-3-8-1-2-19-12(8)9(4-10)6-17-7-16-5-11(15)13(17)18/h3-5,7H,1-2,6H2. The van der Waals surface area contributed by atoms with Crippen molar-refractivity contribution in [2.24, 2.45) is 0 Å². The lowest BCUT2D eigenvalue weighted by Gasteiger charge is -2.10. The van der Waals surface area contributed by atoms with E-state index in [1.807, 2.05) is 34.7 Å². The van der Waals surface area contributed by atoms with Crippen molar-refractivity contribution < 1.29 is 4.74 Å². The number of fused-ring (bicyclic) bond motifs is 1. The summed E-state index contributed by atoms with van der Waals surface area (Å²) in [6.45, 7) is 1.09. The highest BCUT2D eigenvalue weighted by atomic mass is 127. The van der Waals surface area contributed by atoms with Gasteiger partial charge in [0.1, 0.15) is 5.75 Å². The fraction of sp³-hybridized carbons (Fsp3) is 0.231. The molecule has 98 valence electrons. The minimum atomic E-state index is -0.0534. The van der Waals surface area contributed by atoms with Gasteiger partial charge in [0.15, 0.2) is 0 Å². The van der Waals surface area contributed by atoms with Crippen LogP contribution >= 0.6 is 34.2 Å². The third kappa shape index (κ3) is 2.49. The molecule has 1 aromatic heterocycles. The quantitative estimate of drug-likeness (QED) is 0.743. The van der Waals surface area contributed by atoms with Crippen LogP contribution in [0, 0.1) is 3.57 Å². The maximum absolute atomic E-state index is 12.0. The number of nitrogens with zero attached hydrogens (tertiary/aromatic N) is 2. The minimum absolute atomic E-state index is 0.0534. The third-order valence-corrected chi connectivity index (χ3v) is 3.98. The van der Waals surface area contributed by atoms with Gasteiger partial charge in [0, 0.05) is 23.2 Å². The Hall–Kier alpha value is -1.08. The van der Waals surface area contributed by atoms with Crippen LogP contribution in [0.3, 0.4) is 0 Å². The number of benzene rings is 1. The lowest BCUT2D eigenvalue weighted by Crippen LogP contribution is -2.23. The van der Waals surface area contributed by atoms with E-state index in [4.69, 9.17) is 16.3 Å². The summed E-state index contributed by atoms with van der Waals surface area (Å²) in [6, 6.07) is 3.77. The molecule has 0 unspecified atom stereocenters. The topological polar surface area (TPSA) is 44.1 Å². The number of aromatic nitrogens is 2. The molecule has 1 aliphatic rings. The molecular weight excluding hydrogens is 379 g/mol. The summed E-state index contributed by atoms with van der Waals surface area (Å²) in [7, 11) is 0. The van der Waals surface area contributed by atoms with Gasteiger partial charge in [-0.25, -0.2) is 4.98 Å². The Morgan fingerprint density at radius 2 is 2.32 bits per heavy atom. The largest absolute Gasteiger partial charge is 0.493 e. The molecule has 4 nitrogen and oxygen atoms in total. The number of hydrogen-bond acceptors (Lipinski definition) is 3. The Morgan fingerprint density at radius 3 is 3.16 bits per heavy atom. The van der Waals surface area contributed by atoms with Crippen LogP contribution in [0.15, 0.2) is 29.5 Å². The van der Waals surface area contributed by atoms with Crippen molar-refractivity contribution >= 4 is 34.2 Å². The van der Waals surface area contributed by atoms with Gasteiger partial charge in [-0.05, 0) is 40.3 Å². The molecule has 0 N–H and O–H groups in total. The lowest BCUT2D eigenvalue weighted by molar-refractivity contribution is 0.352. The summed E-state index contributed by atoms with van der Waals surface area (Å²) in [4.78, 5) is 16.0. The van der Waals surface area contributed by atoms with Crippen LogP contribution in [-0.2, 0) is 13.0 Å². The summed E-state index contributed by atoms with van der Waals surface area (Å²) in [5.41, 5.74) is 1.97.